The number of aryl methyl sites for hydroxylation is 3. The second-order valence-electron chi connectivity index (χ2n) is 8.14. The molecular formula is C24H20F3N5O4. The number of non-ortho nitro benzene ring substituents is 1. The lowest BCUT2D eigenvalue weighted by atomic mass is 10.1. The van der Waals surface area contributed by atoms with E-state index in [9.17, 15) is 28.1 Å². The van der Waals surface area contributed by atoms with E-state index >= 15 is 0 Å². The molecule has 0 fully saturated rings. The first-order valence-electron chi connectivity index (χ1n) is 10.7. The van der Waals surface area contributed by atoms with Gasteiger partial charge in [-0.1, -0.05) is 18.2 Å². The summed E-state index contributed by atoms with van der Waals surface area (Å²) in [6.07, 6.45) is -4.62. The summed E-state index contributed by atoms with van der Waals surface area (Å²) in [6.45, 7) is 4.17. The lowest BCUT2D eigenvalue weighted by Gasteiger charge is -2.11. The highest BCUT2D eigenvalue weighted by Crippen LogP contribution is 2.36. The smallest absolute Gasteiger partial charge is 0.417 e. The number of hydrogen-bond acceptors (Lipinski definition) is 6. The van der Waals surface area contributed by atoms with Crippen molar-refractivity contribution in [3.05, 3.63) is 81.2 Å². The molecule has 2 heterocycles. The highest BCUT2D eigenvalue weighted by molar-refractivity contribution is 5.92. The van der Waals surface area contributed by atoms with Crippen LogP contribution in [-0.4, -0.2) is 25.6 Å². The van der Waals surface area contributed by atoms with Gasteiger partial charge in [0, 0.05) is 17.8 Å². The van der Waals surface area contributed by atoms with Gasteiger partial charge in [-0.15, -0.1) is 0 Å². The Hall–Kier alpha value is -4.48. The van der Waals surface area contributed by atoms with Crippen LogP contribution >= 0.6 is 0 Å². The van der Waals surface area contributed by atoms with Crippen LogP contribution in [0.25, 0.3) is 11.0 Å². The summed E-state index contributed by atoms with van der Waals surface area (Å²) < 4.78 is 47.5. The summed E-state index contributed by atoms with van der Waals surface area (Å²) in [7, 11) is 0. The van der Waals surface area contributed by atoms with E-state index in [0.717, 1.165) is 22.4 Å². The lowest BCUT2D eigenvalue weighted by molar-refractivity contribution is -0.384. The standard InChI is InChI=1S/C24H20F3N5O4/c1-13-6-4-5-7-20(13)36-18-10-16(9-17(11-18)32(34)35)29-21(33)12-31-23-22(15(3)30-31)19(24(25,26)27)8-14(2)28-23/h4-11H,12H2,1-3H3,(H,29,33). The fourth-order valence-corrected chi connectivity index (χ4v) is 3.77. The number of anilines is 1. The molecule has 186 valence electrons. The molecule has 0 aliphatic rings. The maximum absolute atomic E-state index is 13.5. The molecule has 0 unspecified atom stereocenters. The van der Waals surface area contributed by atoms with Gasteiger partial charge in [-0.25, -0.2) is 9.67 Å². The van der Waals surface area contributed by atoms with Gasteiger partial charge in [0.25, 0.3) is 5.69 Å². The van der Waals surface area contributed by atoms with E-state index in [1.165, 1.54) is 26.0 Å². The zero-order chi connectivity index (χ0) is 26.2. The van der Waals surface area contributed by atoms with Crippen LogP contribution in [0.2, 0.25) is 0 Å². The number of pyridine rings is 1. The van der Waals surface area contributed by atoms with E-state index < -0.39 is 29.1 Å². The van der Waals surface area contributed by atoms with Gasteiger partial charge in [0.05, 0.1) is 33.3 Å². The van der Waals surface area contributed by atoms with Gasteiger partial charge < -0.3 is 10.1 Å². The quantitative estimate of drug-likeness (QED) is 0.268. The average molecular weight is 499 g/mol. The molecular weight excluding hydrogens is 479 g/mol. The third kappa shape index (κ3) is 5.11. The van der Waals surface area contributed by atoms with Crippen molar-refractivity contribution >= 4 is 28.3 Å². The number of fused-ring (bicyclic) bond motifs is 1. The summed E-state index contributed by atoms with van der Waals surface area (Å²) in [4.78, 5) is 27.7. The van der Waals surface area contributed by atoms with Crippen molar-refractivity contribution in [2.45, 2.75) is 33.5 Å². The van der Waals surface area contributed by atoms with E-state index in [2.05, 4.69) is 15.4 Å². The lowest BCUT2D eigenvalue weighted by Crippen LogP contribution is -2.20. The molecule has 0 spiro atoms. The van der Waals surface area contributed by atoms with Crippen molar-refractivity contribution in [1.82, 2.24) is 14.8 Å². The molecule has 1 amide bonds. The van der Waals surface area contributed by atoms with Crippen LogP contribution in [0.4, 0.5) is 24.5 Å². The van der Waals surface area contributed by atoms with Crippen molar-refractivity contribution in [1.29, 1.82) is 0 Å². The van der Waals surface area contributed by atoms with Crippen LogP contribution in [0.3, 0.4) is 0 Å². The number of rotatable bonds is 6. The molecule has 36 heavy (non-hydrogen) atoms. The topological polar surface area (TPSA) is 112 Å². The predicted molar refractivity (Wildman–Crippen MR) is 125 cm³/mol. The van der Waals surface area contributed by atoms with Crippen LogP contribution in [0.1, 0.15) is 22.5 Å². The molecule has 0 atom stereocenters. The Bertz CT molecular complexity index is 1500. The monoisotopic (exact) mass is 499 g/mol. The number of alkyl halides is 3. The maximum Gasteiger partial charge on any atom is 0.417 e. The fraction of sp³-hybridized carbons (Fsp3) is 0.208. The number of nitrogens with zero attached hydrogens (tertiary/aromatic N) is 4. The Balaban J connectivity index is 1.63. The number of aromatic nitrogens is 3. The minimum Gasteiger partial charge on any atom is -0.457 e. The largest absolute Gasteiger partial charge is 0.457 e. The normalized spacial score (nSPS) is 11.5. The van der Waals surface area contributed by atoms with Crippen molar-refractivity contribution in [3.63, 3.8) is 0 Å². The van der Waals surface area contributed by atoms with E-state index in [1.54, 1.807) is 12.1 Å². The van der Waals surface area contributed by atoms with Gasteiger partial charge in [-0.3, -0.25) is 14.9 Å². The first-order chi connectivity index (χ1) is 16.9. The molecule has 0 aliphatic carbocycles. The molecule has 9 nitrogen and oxygen atoms in total. The summed E-state index contributed by atoms with van der Waals surface area (Å²) >= 11 is 0. The van der Waals surface area contributed by atoms with Gasteiger partial charge in [0.1, 0.15) is 18.0 Å². The van der Waals surface area contributed by atoms with Gasteiger partial charge in [0.15, 0.2) is 5.65 Å². The van der Waals surface area contributed by atoms with Crippen molar-refractivity contribution in [2.24, 2.45) is 0 Å². The number of hydrogen-bond donors (Lipinski definition) is 1. The molecule has 1 N–H and O–H groups in total. The number of nitro benzene ring substituents is 1. The Morgan fingerprint density at radius 3 is 2.53 bits per heavy atom. The fourth-order valence-electron chi connectivity index (χ4n) is 3.77. The zero-order valence-electron chi connectivity index (χ0n) is 19.4. The van der Waals surface area contributed by atoms with Crippen LogP contribution in [0.15, 0.2) is 48.5 Å². The molecule has 4 rings (SSSR count). The molecule has 2 aromatic heterocycles. The zero-order valence-corrected chi connectivity index (χ0v) is 19.4. The van der Waals surface area contributed by atoms with Crippen molar-refractivity contribution in [2.75, 3.05) is 5.32 Å². The van der Waals surface area contributed by atoms with Crippen LogP contribution in [0.5, 0.6) is 11.5 Å². The predicted octanol–water partition coefficient (Wildman–Crippen LogP) is 5.71. The second kappa shape index (κ2) is 9.29. The van der Waals surface area contributed by atoms with Crippen LogP contribution in [-0.2, 0) is 17.5 Å². The van der Waals surface area contributed by atoms with Crippen molar-refractivity contribution in [3.8, 4) is 11.5 Å². The molecule has 4 aromatic rings. The molecule has 0 aliphatic heterocycles. The SMILES string of the molecule is Cc1cc(C(F)(F)F)c2c(C)nn(CC(=O)Nc3cc(Oc4ccccc4C)cc([N+](=O)[O-])c3)c2n1. The van der Waals surface area contributed by atoms with Gasteiger partial charge in [0.2, 0.25) is 5.91 Å². The average Bonchev–Trinajstić information content (AvgIpc) is 3.08. The van der Waals surface area contributed by atoms with Gasteiger partial charge >= 0.3 is 6.18 Å². The number of carbonyl (C=O) groups is 1. The Morgan fingerprint density at radius 2 is 1.86 bits per heavy atom. The van der Waals surface area contributed by atoms with Crippen molar-refractivity contribution < 1.29 is 27.6 Å². The number of nitrogens with one attached hydrogen (secondary N) is 1. The first kappa shape index (κ1) is 24.6. The molecule has 2 aromatic carbocycles. The highest BCUT2D eigenvalue weighted by atomic mass is 19.4. The van der Waals surface area contributed by atoms with E-state index in [0.29, 0.717) is 5.75 Å². The van der Waals surface area contributed by atoms with Crippen LogP contribution < -0.4 is 10.1 Å². The number of para-hydroxylation sites is 1. The second-order valence-corrected chi connectivity index (χ2v) is 8.14. The molecule has 0 bridgehead atoms. The number of nitro groups is 1. The van der Waals surface area contributed by atoms with Gasteiger partial charge in [-0.05, 0) is 38.5 Å². The van der Waals surface area contributed by atoms with E-state index in [4.69, 9.17) is 4.74 Å². The molecule has 12 heteroatoms. The summed E-state index contributed by atoms with van der Waals surface area (Å²) in [6, 6.07) is 11.8. The van der Waals surface area contributed by atoms with Gasteiger partial charge in [-0.2, -0.15) is 18.3 Å². The molecule has 0 saturated carbocycles. The number of carbonyl (C=O) groups excluding carboxylic acids is 1. The Morgan fingerprint density at radius 1 is 1.14 bits per heavy atom. The number of halogens is 3. The van der Waals surface area contributed by atoms with Crippen LogP contribution in [0, 0.1) is 30.9 Å². The number of amides is 1. The molecule has 0 radical (unpaired) electrons. The summed E-state index contributed by atoms with van der Waals surface area (Å²) in [5.41, 5.74) is -0.218. The number of benzene rings is 2. The highest BCUT2D eigenvalue weighted by Gasteiger charge is 2.35. The van der Waals surface area contributed by atoms with E-state index in [-0.39, 0.29) is 39.5 Å². The molecule has 0 saturated heterocycles. The first-order valence-corrected chi connectivity index (χ1v) is 10.7. The summed E-state index contributed by atoms with van der Waals surface area (Å²) in [5.74, 6) is -0.0597. The third-order valence-electron chi connectivity index (χ3n) is 5.31. The minimum atomic E-state index is -4.62. The summed E-state index contributed by atoms with van der Waals surface area (Å²) in [5, 5.41) is 17.8. The Kier molecular flexibility index (Phi) is 6.35. The maximum atomic E-state index is 13.5. The minimum absolute atomic E-state index is 0.0712. The number of ether oxygens (including phenoxy) is 1. The third-order valence-corrected chi connectivity index (χ3v) is 5.31. The Labute approximate surface area is 202 Å². The van der Waals surface area contributed by atoms with E-state index in [1.807, 2.05) is 19.1 Å².